The van der Waals surface area contributed by atoms with E-state index in [2.05, 4.69) is 10.1 Å². The third-order valence-corrected chi connectivity index (χ3v) is 2.80. The first-order valence-electron chi connectivity index (χ1n) is 5.60. The molecule has 1 aliphatic carbocycles. The smallest absolute Gasteiger partial charge is 0.164 e. The molecule has 1 aliphatic rings. The van der Waals surface area contributed by atoms with Crippen molar-refractivity contribution in [3.8, 4) is 5.69 Å². The molecule has 2 aromatic rings. The number of para-hydroxylation sites is 1. The molecule has 0 unspecified atom stereocenters. The van der Waals surface area contributed by atoms with Crippen LogP contribution in [0.4, 0.5) is 0 Å². The quantitative estimate of drug-likeness (QED) is 0.844. The van der Waals surface area contributed by atoms with E-state index >= 15 is 0 Å². The lowest BCUT2D eigenvalue weighted by Crippen LogP contribution is -2.02. The van der Waals surface area contributed by atoms with E-state index in [-0.39, 0.29) is 0 Å². The average Bonchev–Trinajstić information content (AvgIpc) is 3.10. The fraction of sp³-hybridized carbons (Fsp3) is 0.333. The van der Waals surface area contributed by atoms with Crippen molar-refractivity contribution < 1.29 is 0 Å². The molecule has 0 bridgehead atoms. The number of nitrogens with zero attached hydrogens (tertiary/aromatic N) is 3. The lowest BCUT2D eigenvalue weighted by molar-refractivity contribution is 0.783. The van der Waals surface area contributed by atoms with Gasteiger partial charge in [-0.3, -0.25) is 0 Å². The van der Waals surface area contributed by atoms with Gasteiger partial charge < -0.3 is 5.73 Å². The molecular weight excluding hydrogens is 200 g/mol. The van der Waals surface area contributed by atoms with Gasteiger partial charge in [0.2, 0.25) is 0 Å². The summed E-state index contributed by atoms with van der Waals surface area (Å²) in [6.45, 7) is 0.402. The Labute approximate surface area is 94.1 Å². The van der Waals surface area contributed by atoms with E-state index < -0.39 is 0 Å². The number of hydrogen-bond acceptors (Lipinski definition) is 3. The molecule has 82 valence electrons. The summed E-state index contributed by atoms with van der Waals surface area (Å²) in [5.41, 5.74) is 6.66. The highest BCUT2D eigenvalue weighted by Gasteiger charge is 2.30. The summed E-state index contributed by atoms with van der Waals surface area (Å²) in [6, 6.07) is 10.1. The predicted octanol–water partition coefficient (Wildman–Crippen LogP) is 1.60. The Bertz CT molecular complexity index is 485. The van der Waals surface area contributed by atoms with E-state index in [0.29, 0.717) is 12.5 Å². The highest BCUT2D eigenvalue weighted by Crippen LogP contribution is 2.39. The van der Waals surface area contributed by atoms with E-state index in [1.54, 1.807) is 0 Å². The molecule has 0 amide bonds. The van der Waals surface area contributed by atoms with Crippen molar-refractivity contribution in [3.63, 3.8) is 0 Å². The first-order valence-corrected chi connectivity index (χ1v) is 5.60. The van der Waals surface area contributed by atoms with Crippen LogP contribution < -0.4 is 5.73 Å². The predicted molar refractivity (Wildman–Crippen MR) is 61.2 cm³/mol. The molecule has 0 radical (unpaired) electrons. The van der Waals surface area contributed by atoms with Gasteiger partial charge in [0, 0.05) is 5.92 Å². The summed E-state index contributed by atoms with van der Waals surface area (Å²) >= 11 is 0. The summed E-state index contributed by atoms with van der Waals surface area (Å²) in [5, 5.41) is 4.44. The number of nitrogens with two attached hydrogens (primary N) is 1. The molecule has 4 heteroatoms. The van der Waals surface area contributed by atoms with Crippen LogP contribution in [0.1, 0.15) is 30.4 Å². The molecule has 0 spiro atoms. The summed E-state index contributed by atoms with van der Waals surface area (Å²) in [7, 11) is 0. The second-order valence-corrected chi connectivity index (χ2v) is 4.11. The highest BCUT2D eigenvalue weighted by molar-refractivity contribution is 5.32. The zero-order valence-electron chi connectivity index (χ0n) is 9.00. The Morgan fingerprint density at radius 3 is 2.62 bits per heavy atom. The second-order valence-electron chi connectivity index (χ2n) is 4.11. The van der Waals surface area contributed by atoms with E-state index in [1.165, 1.54) is 12.8 Å². The maximum atomic E-state index is 5.59. The fourth-order valence-corrected chi connectivity index (χ4v) is 1.82. The lowest BCUT2D eigenvalue weighted by atomic mass is 10.3. The van der Waals surface area contributed by atoms with Gasteiger partial charge in [-0.25, -0.2) is 9.67 Å². The van der Waals surface area contributed by atoms with Crippen molar-refractivity contribution in [1.29, 1.82) is 0 Å². The Morgan fingerprint density at radius 2 is 2.00 bits per heavy atom. The number of benzene rings is 1. The van der Waals surface area contributed by atoms with Gasteiger partial charge in [0.05, 0.1) is 12.2 Å². The minimum absolute atomic E-state index is 0.402. The van der Waals surface area contributed by atoms with Crippen LogP contribution in [0, 0.1) is 0 Å². The Kier molecular flexibility index (Phi) is 2.22. The zero-order valence-corrected chi connectivity index (χ0v) is 9.00. The van der Waals surface area contributed by atoms with Crippen molar-refractivity contribution in [2.24, 2.45) is 5.73 Å². The van der Waals surface area contributed by atoms with Crippen molar-refractivity contribution in [2.45, 2.75) is 25.3 Å². The molecule has 0 atom stereocenters. The molecule has 2 N–H and O–H groups in total. The van der Waals surface area contributed by atoms with E-state index in [1.807, 2.05) is 35.0 Å². The Morgan fingerprint density at radius 1 is 1.25 bits per heavy atom. The van der Waals surface area contributed by atoms with Crippen molar-refractivity contribution in [3.05, 3.63) is 42.0 Å². The van der Waals surface area contributed by atoms with Crippen LogP contribution in [-0.4, -0.2) is 14.8 Å². The number of aromatic nitrogens is 3. The van der Waals surface area contributed by atoms with Gasteiger partial charge in [-0.15, -0.1) is 5.10 Å². The fourth-order valence-electron chi connectivity index (χ4n) is 1.82. The Balaban J connectivity index is 2.08. The zero-order chi connectivity index (χ0) is 11.0. The molecule has 1 aromatic heterocycles. The molecule has 4 nitrogen and oxygen atoms in total. The number of rotatable bonds is 3. The molecule has 1 fully saturated rings. The topological polar surface area (TPSA) is 56.7 Å². The monoisotopic (exact) mass is 214 g/mol. The summed E-state index contributed by atoms with van der Waals surface area (Å²) < 4.78 is 1.93. The van der Waals surface area contributed by atoms with Crippen molar-refractivity contribution >= 4 is 0 Å². The number of hydrogen-bond donors (Lipinski definition) is 1. The molecule has 16 heavy (non-hydrogen) atoms. The SMILES string of the molecule is NCc1nc(C2CC2)n(-c2ccccc2)n1. The van der Waals surface area contributed by atoms with Gasteiger partial charge in [-0.1, -0.05) is 18.2 Å². The summed E-state index contributed by atoms with van der Waals surface area (Å²) in [6.07, 6.45) is 2.44. The Hall–Kier alpha value is -1.68. The van der Waals surface area contributed by atoms with Crippen molar-refractivity contribution in [2.75, 3.05) is 0 Å². The van der Waals surface area contributed by atoms with E-state index in [0.717, 1.165) is 17.3 Å². The standard InChI is InChI=1S/C12H14N4/c13-8-11-14-12(9-6-7-9)16(15-11)10-4-2-1-3-5-10/h1-5,9H,6-8,13H2. The van der Waals surface area contributed by atoms with E-state index in [9.17, 15) is 0 Å². The normalized spacial score (nSPS) is 15.3. The third kappa shape index (κ3) is 1.61. The minimum atomic E-state index is 0.402. The first kappa shape index (κ1) is 9.54. The highest BCUT2D eigenvalue weighted by atomic mass is 15.4. The van der Waals surface area contributed by atoms with Gasteiger partial charge >= 0.3 is 0 Å². The summed E-state index contributed by atoms with van der Waals surface area (Å²) in [4.78, 5) is 4.49. The molecule has 0 saturated heterocycles. The maximum absolute atomic E-state index is 5.59. The van der Waals surface area contributed by atoms with Crippen LogP contribution in [0.15, 0.2) is 30.3 Å². The van der Waals surface area contributed by atoms with Crippen LogP contribution in [0.25, 0.3) is 5.69 Å². The van der Waals surface area contributed by atoms with Crippen LogP contribution in [0.3, 0.4) is 0 Å². The van der Waals surface area contributed by atoms with Gasteiger partial charge in [-0.2, -0.15) is 0 Å². The molecule has 3 rings (SSSR count). The second kappa shape index (κ2) is 3.72. The third-order valence-electron chi connectivity index (χ3n) is 2.80. The minimum Gasteiger partial charge on any atom is -0.324 e. The first-order chi connectivity index (χ1) is 7.88. The average molecular weight is 214 g/mol. The molecular formula is C12H14N4. The van der Waals surface area contributed by atoms with Gasteiger partial charge in [0.1, 0.15) is 5.82 Å². The van der Waals surface area contributed by atoms with E-state index in [4.69, 9.17) is 5.73 Å². The molecule has 1 heterocycles. The summed E-state index contributed by atoms with van der Waals surface area (Å²) in [5.74, 6) is 2.37. The molecule has 0 aliphatic heterocycles. The van der Waals surface area contributed by atoms with Crippen LogP contribution in [0.2, 0.25) is 0 Å². The maximum Gasteiger partial charge on any atom is 0.164 e. The van der Waals surface area contributed by atoms with Gasteiger partial charge in [-0.05, 0) is 25.0 Å². The molecule has 1 aromatic carbocycles. The van der Waals surface area contributed by atoms with Crippen LogP contribution >= 0.6 is 0 Å². The van der Waals surface area contributed by atoms with Gasteiger partial charge in [0.15, 0.2) is 5.82 Å². The van der Waals surface area contributed by atoms with Gasteiger partial charge in [0.25, 0.3) is 0 Å². The molecule has 1 saturated carbocycles. The van der Waals surface area contributed by atoms with Crippen LogP contribution in [-0.2, 0) is 6.54 Å². The van der Waals surface area contributed by atoms with Crippen LogP contribution in [0.5, 0.6) is 0 Å². The largest absolute Gasteiger partial charge is 0.324 e. The lowest BCUT2D eigenvalue weighted by Gasteiger charge is -2.03. The van der Waals surface area contributed by atoms with Crippen molar-refractivity contribution in [1.82, 2.24) is 14.8 Å².